The molecule has 4 heteroatoms. The second-order valence-corrected chi connectivity index (χ2v) is 6.22. The van der Waals surface area contributed by atoms with Gasteiger partial charge in [-0.25, -0.2) is 4.79 Å². The number of hydrogen-bond acceptors (Lipinski definition) is 4. The highest BCUT2D eigenvalue weighted by Gasteiger charge is 2.79. The van der Waals surface area contributed by atoms with Gasteiger partial charge in [0.15, 0.2) is 5.60 Å². The fraction of sp³-hybridized carbons (Fsp3) is 0.611. The lowest BCUT2D eigenvalue weighted by molar-refractivity contribution is -0.150. The monoisotopic (exact) mass is 304 g/mol. The summed E-state index contributed by atoms with van der Waals surface area (Å²) in [4.78, 5) is 12.2. The molecule has 0 N–H and O–H groups in total. The molecule has 0 amide bonds. The normalized spacial score (nSPS) is 32.5. The first-order valence-corrected chi connectivity index (χ1v) is 8.19. The van der Waals surface area contributed by atoms with E-state index in [4.69, 9.17) is 14.2 Å². The lowest BCUT2D eigenvalue weighted by Crippen LogP contribution is -2.47. The fourth-order valence-corrected chi connectivity index (χ4v) is 3.51. The minimum absolute atomic E-state index is 0.174. The summed E-state index contributed by atoms with van der Waals surface area (Å²) in [6.45, 7) is 4.91. The smallest absolute Gasteiger partial charge is 0.341 e. The first-order valence-electron chi connectivity index (χ1n) is 8.19. The Hall–Kier alpha value is -1.39. The van der Waals surface area contributed by atoms with E-state index in [1.165, 1.54) is 5.56 Å². The topological polar surface area (TPSA) is 48.1 Å². The molecule has 3 rings (SSSR count). The molecule has 2 aliphatic rings. The Bertz CT molecular complexity index is 521. The average Bonchev–Trinajstić information content (AvgIpc) is 3.16. The molecule has 22 heavy (non-hydrogen) atoms. The van der Waals surface area contributed by atoms with Crippen LogP contribution in [0.4, 0.5) is 0 Å². The molecule has 1 atom stereocenters. The van der Waals surface area contributed by atoms with Gasteiger partial charge >= 0.3 is 5.97 Å². The Kier molecular flexibility index (Phi) is 4.24. The van der Waals surface area contributed by atoms with Crippen molar-refractivity contribution >= 4 is 5.97 Å². The molecule has 1 aliphatic carbocycles. The van der Waals surface area contributed by atoms with E-state index < -0.39 is 5.60 Å². The van der Waals surface area contributed by atoms with Crippen molar-refractivity contribution in [2.24, 2.45) is 0 Å². The number of hydrogen-bond donors (Lipinski definition) is 0. The molecule has 1 spiro atoms. The number of rotatable bonds is 7. The third kappa shape index (κ3) is 2.55. The van der Waals surface area contributed by atoms with Gasteiger partial charge in [0, 0.05) is 12.8 Å². The largest absolute Gasteiger partial charge is 0.464 e. The van der Waals surface area contributed by atoms with Gasteiger partial charge in [-0.3, -0.25) is 0 Å². The zero-order chi connectivity index (χ0) is 15.6. The van der Waals surface area contributed by atoms with Crippen LogP contribution in [0.5, 0.6) is 0 Å². The number of esters is 1. The van der Waals surface area contributed by atoms with Gasteiger partial charge in [0.25, 0.3) is 0 Å². The van der Waals surface area contributed by atoms with Crippen molar-refractivity contribution in [2.75, 3.05) is 6.61 Å². The number of epoxide rings is 1. The SMILES string of the molecule is CCCC1(C(=O)OCC)OC12CC(OCc1ccccc1)C2. The Balaban J connectivity index is 1.52. The van der Waals surface area contributed by atoms with Crippen LogP contribution in [0.25, 0.3) is 0 Å². The Morgan fingerprint density at radius 1 is 1.27 bits per heavy atom. The Morgan fingerprint density at radius 3 is 2.64 bits per heavy atom. The summed E-state index contributed by atoms with van der Waals surface area (Å²) in [5.41, 5.74) is 0.145. The maximum atomic E-state index is 12.2. The predicted molar refractivity (Wildman–Crippen MR) is 82.3 cm³/mol. The van der Waals surface area contributed by atoms with E-state index in [0.717, 1.165) is 25.7 Å². The first-order chi connectivity index (χ1) is 10.7. The number of ether oxygens (including phenoxy) is 3. The summed E-state index contributed by atoms with van der Waals surface area (Å²) in [6, 6.07) is 10.1. The first kappa shape index (κ1) is 15.5. The summed E-state index contributed by atoms with van der Waals surface area (Å²) in [5.74, 6) is -0.196. The molecule has 1 saturated carbocycles. The lowest BCUT2D eigenvalue weighted by atomic mass is 9.72. The molecule has 120 valence electrons. The molecule has 4 nitrogen and oxygen atoms in total. The second kappa shape index (κ2) is 6.01. The van der Waals surface area contributed by atoms with Crippen molar-refractivity contribution in [3.8, 4) is 0 Å². The van der Waals surface area contributed by atoms with Gasteiger partial charge in [-0.2, -0.15) is 0 Å². The minimum Gasteiger partial charge on any atom is -0.464 e. The van der Waals surface area contributed by atoms with Gasteiger partial charge in [-0.05, 0) is 18.9 Å². The number of carbonyl (C=O) groups excluding carboxylic acids is 1. The van der Waals surface area contributed by atoms with Crippen LogP contribution in [-0.4, -0.2) is 29.9 Å². The van der Waals surface area contributed by atoms with Crippen LogP contribution in [0.2, 0.25) is 0 Å². The second-order valence-electron chi connectivity index (χ2n) is 6.22. The maximum absolute atomic E-state index is 12.2. The highest BCUT2D eigenvalue weighted by Crippen LogP contribution is 2.63. The molecule has 0 radical (unpaired) electrons. The third-order valence-electron chi connectivity index (χ3n) is 4.71. The van der Waals surface area contributed by atoms with Crippen LogP contribution in [-0.2, 0) is 25.6 Å². The van der Waals surface area contributed by atoms with E-state index in [1.807, 2.05) is 25.1 Å². The van der Waals surface area contributed by atoms with Crippen LogP contribution < -0.4 is 0 Å². The van der Waals surface area contributed by atoms with E-state index in [-0.39, 0.29) is 17.7 Å². The molecule has 0 aromatic heterocycles. The molecule has 2 fully saturated rings. The quantitative estimate of drug-likeness (QED) is 0.573. The van der Waals surface area contributed by atoms with E-state index in [2.05, 4.69) is 19.1 Å². The van der Waals surface area contributed by atoms with E-state index in [0.29, 0.717) is 13.2 Å². The molecule has 1 unspecified atom stereocenters. The van der Waals surface area contributed by atoms with Gasteiger partial charge < -0.3 is 14.2 Å². The van der Waals surface area contributed by atoms with E-state index in [1.54, 1.807) is 0 Å². The van der Waals surface area contributed by atoms with Gasteiger partial charge in [0.05, 0.1) is 19.3 Å². The van der Waals surface area contributed by atoms with Crippen molar-refractivity contribution in [1.29, 1.82) is 0 Å². The molecule has 1 aromatic rings. The number of carbonyl (C=O) groups is 1. The van der Waals surface area contributed by atoms with Crippen molar-refractivity contribution in [2.45, 2.75) is 63.4 Å². The summed E-state index contributed by atoms with van der Waals surface area (Å²) >= 11 is 0. The van der Waals surface area contributed by atoms with E-state index >= 15 is 0 Å². The van der Waals surface area contributed by atoms with Gasteiger partial charge in [-0.1, -0.05) is 43.7 Å². The predicted octanol–water partition coefficient (Wildman–Crippen LogP) is 3.24. The van der Waals surface area contributed by atoms with Crippen LogP contribution >= 0.6 is 0 Å². The molecule has 1 heterocycles. The van der Waals surface area contributed by atoms with Crippen LogP contribution in [0.3, 0.4) is 0 Å². The molecule has 0 bridgehead atoms. The molecular weight excluding hydrogens is 280 g/mol. The van der Waals surface area contributed by atoms with E-state index in [9.17, 15) is 4.79 Å². The summed E-state index contributed by atoms with van der Waals surface area (Å²) < 4.78 is 17.0. The van der Waals surface area contributed by atoms with Crippen molar-refractivity contribution in [3.05, 3.63) is 35.9 Å². The van der Waals surface area contributed by atoms with Gasteiger partial charge in [0.2, 0.25) is 0 Å². The Morgan fingerprint density at radius 2 is 2.00 bits per heavy atom. The van der Waals surface area contributed by atoms with Crippen molar-refractivity contribution < 1.29 is 19.0 Å². The van der Waals surface area contributed by atoms with Crippen molar-refractivity contribution in [1.82, 2.24) is 0 Å². The standard InChI is InChI=1S/C18H24O4/c1-3-10-18(16(19)20-4-2)17(22-18)11-15(12-17)21-13-14-8-6-5-7-9-14/h5-9,15H,3-4,10-13H2,1-2H3. The summed E-state index contributed by atoms with van der Waals surface area (Å²) in [7, 11) is 0. The summed E-state index contributed by atoms with van der Waals surface area (Å²) in [5, 5.41) is 0. The number of benzene rings is 1. The van der Waals surface area contributed by atoms with Gasteiger partial charge in [-0.15, -0.1) is 0 Å². The summed E-state index contributed by atoms with van der Waals surface area (Å²) in [6.07, 6.45) is 3.40. The average molecular weight is 304 g/mol. The van der Waals surface area contributed by atoms with Crippen LogP contribution in [0, 0.1) is 0 Å². The zero-order valence-electron chi connectivity index (χ0n) is 13.3. The van der Waals surface area contributed by atoms with Gasteiger partial charge in [0.1, 0.15) is 5.60 Å². The molecule has 1 saturated heterocycles. The lowest BCUT2D eigenvalue weighted by Gasteiger charge is -2.35. The molecular formula is C18H24O4. The minimum atomic E-state index is -0.704. The molecule has 1 aromatic carbocycles. The highest BCUT2D eigenvalue weighted by atomic mass is 16.7. The zero-order valence-corrected chi connectivity index (χ0v) is 13.3. The third-order valence-corrected chi connectivity index (χ3v) is 4.71. The van der Waals surface area contributed by atoms with Crippen LogP contribution in [0.1, 0.15) is 45.1 Å². The van der Waals surface area contributed by atoms with Crippen molar-refractivity contribution in [3.63, 3.8) is 0 Å². The molecule has 1 aliphatic heterocycles. The fourth-order valence-electron chi connectivity index (χ4n) is 3.51. The Labute approximate surface area is 131 Å². The maximum Gasteiger partial charge on any atom is 0.341 e. The van der Waals surface area contributed by atoms with Crippen LogP contribution in [0.15, 0.2) is 30.3 Å². The highest BCUT2D eigenvalue weighted by molar-refractivity contribution is 5.85.